The van der Waals surface area contributed by atoms with Gasteiger partial charge in [0.1, 0.15) is 0 Å². The molecule has 1 amide bonds. The first kappa shape index (κ1) is 14.8. The van der Waals surface area contributed by atoms with Crippen LogP contribution in [-0.4, -0.2) is 5.91 Å². The van der Waals surface area contributed by atoms with Crippen molar-refractivity contribution in [3.05, 3.63) is 70.3 Å². The minimum atomic E-state index is 0.119. The molecule has 0 spiro atoms. The zero-order valence-electron chi connectivity index (χ0n) is 13.4. The zero-order valence-corrected chi connectivity index (χ0v) is 13.4. The summed E-state index contributed by atoms with van der Waals surface area (Å²) in [5.41, 5.74) is 6.22. The Morgan fingerprint density at radius 2 is 2.00 bits per heavy atom. The molecule has 114 valence electrons. The van der Waals surface area contributed by atoms with Crippen LogP contribution in [0.4, 0.5) is 0 Å². The maximum atomic E-state index is 12.4. The molecule has 0 unspecified atom stereocenters. The van der Waals surface area contributed by atoms with Crippen LogP contribution in [0.1, 0.15) is 46.7 Å². The van der Waals surface area contributed by atoms with Crippen LogP contribution in [0.25, 0.3) is 0 Å². The van der Waals surface area contributed by atoms with Crippen LogP contribution in [0.5, 0.6) is 0 Å². The Hall–Kier alpha value is -2.09. The predicted octanol–water partition coefficient (Wildman–Crippen LogP) is 4.04. The van der Waals surface area contributed by atoms with E-state index < -0.39 is 0 Å². The molecule has 0 heterocycles. The zero-order chi connectivity index (χ0) is 15.5. The molecule has 2 aromatic rings. The van der Waals surface area contributed by atoms with E-state index in [0.29, 0.717) is 6.42 Å². The van der Waals surface area contributed by atoms with Crippen molar-refractivity contribution >= 4 is 5.91 Å². The van der Waals surface area contributed by atoms with E-state index in [9.17, 15) is 4.79 Å². The highest BCUT2D eigenvalue weighted by molar-refractivity contribution is 5.79. The largest absolute Gasteiger partial charge is 0.349 e. The lowest BCUT2D eigenvalue weighted by Gasteiger charge is -2.26. The van der Waals surface area contributed by atoms with Crippen molar-refractivity contribution in [1.82, 2.24) is 5.32 Å². The average Bonchev–Trinajstić information content (AvgIpc) is 2.50. The summed E-state index contributed by atoms with van der Waals surface area (Å²) < 4.78 is 0. The van der Waals surface area contributed by atoms with E-state index in [1.54, 1.807) is 0 Å². The Morgan fingerprint density at radius 1 is 1.18 bits per heavy atom. The first-order valence-electron chi connectivity index (χ1n) is 8.07. The summed E-state index contributed by atoms with van der Waals surface area (Å²) in [6, 6.07) is 14.9. The number of benzene rings is 2. The van der Waals surface area contributed by atoms with Crippen molar-refractivity contribution in [2.24, 2.45) is 0 Å². The number of amides is 1. The van der Waals surface area contributed by atoms with Crippen LogP contribution in [0.2, 0.25) is 0 Å². The monoisotopic (exact) mass is 293 g/mol. The third kappa shape index (κ3) is 3.22. The average molecular weight is 293 g/mol. The molecule has 2 nitrogen and oxygen atoms in total. The molecule has 2 heteroatoms. The van der Waals surface area contributed by atoms with Gasteiger partial charge < -0.3 is 5.32 Å². The first-order valence-corrected chi connectivity index (χ1v) is 8.07. The first-order chi connectivity index (χ1) is 10.6. The molecule has 0 bridgehead atoms. The lowest BCUT2D eigenvalue weighted by Crippen LogP contribution is -2.32. The topological polar surface area (TPSA) is 29.1 Å². The van der Waals surface area contributed by atoms with E-state index in [2.05, 4.69) is 61.6 Å². The van der Waals surface area contributed by atoms with E-state index in [4.69, 9.17) is 0 Å². The van der Waals surface area contributed by atoms with Gasteiger partial charge in [0.05, 0.1) is 12.5 Å². The van der Waals surface area contributed by atoms with Gasteiger partial charge in [-0.15, -0.1) is 0 Å². The van der Waals surface area contributed by atoms with Gasteiger partial charge in [0.15, 0.2) is 0 Å². The normalized spacial score (nSPS) is 16.9. The fourth-order valence-electron chi connectivity index (χ4n) is 3.37. The van der Waals surface area contributed by atoms with Gasteiger partial charge in [0.2, 0.25) is 5.91 Å². The smallest absolute Gasteiger partial charge is 0.224 e. The third-order valence-electron chi connectivity index (χ3n) is 4.55. The van der Waals surface area contributed by atoms with Gasteiger partial charge >= 0.3 is 0 Å². The number of hydrogen-bond acceptors (Lipinski definition) is 1. The molecule has 1 atom stereocenters. The fraction of sp³-hybridized carbons (Fsp3) is 0.350. The molecule has 0 aliphatic heterocycles. The van der Waals surface area contributed by atoms with Crippen molar-refractivity contribution in [3.63, 3.8) is 0 Å². The van der Waals surface area contributed by atoms with Crippen molar-refractivity contribution in [2.75, 3.05) is 0 Å². The number of carbonyl (C=O) groups excluding carboxylic acids is 1. The number of hydrogen-bond donors (Lipinski definition) is 1. The van der Waals surface area contributed by atoms with Crippen molar-refractivity contribution in [1.29, 1.82) is 0 Å². The second-order valence-corrected chi connectivity index (χ2v) is 6.32. The molecule has 0 fully saturated rings. The molecule has 22 heavy (non-hydrogen) atoms. The summed E-state index contributed by atoms with van der Waals surface area (Å²) in [5.74, 6) is 0.119. The minimum absolute atomic E-state index is 0.119. The molecule has 0 aromatic heterocycles. The number of aryl methyl sites for hydroxylation is 3. The summed E-state index contributed by atoms with van der Waals surface area (Å²) in [7, 11) is 0. The van der Waals surface area contributed by atoms with Crippen LogP contribution in [0.15, 0.2) is 42.5 Å². The van der Waals surface area contributed by atoms with Crippen LogP contribution in [0, 0.1) is 13.8 Å². The molecule has 0 radical (unpaired) electrons. The maximum Gasteiger partial charge on any atom is 0.224 e. The van der Waals surface area contributed by atoms with E-state index in [1.165, 1.54) is 22.3 Å². The molecule has 1 aliphatic rings. The Kier molecular flexibility index (Phi) is 4.28. The predicted molar refractivity (Wildman–Crippen MR) is 89.9 cm³/mol. The van der Waals surface area contributed by atoms with Gasteiger partial charge in [-0.05, 0) is 55.4 Å². The highest BCUT2D eigenvalue weighted by Crippen LogP contribution is 2.29. The molecular weight excluding hydrogens is 270 g/mol. The van der Waals surface area contributed by atoms with Crippen LogP contribution in [-0.2, 0) is 17.6 Å². The lowest BCUT2D eigenvalue weighted by atomic mass is 9.87. The second kappa shape index (κ2) is 6.35. The summed E-state index contributed by atoms with van der Waals surface area (Å²) in [4.78, 5) is 12.4. The molecule has 0 saturated carbocycles. The Labute approximate surface area is 132 Å². The summed E-state index contributed by atoms with van der Waals surface area (Å²) in [5, 5.41) is 3.23. The molecule has 0 saturated heterocycles. The van der Waals surface area contributed by atoms with Gasteiger partial charge in [-0.3, -0.25) is 4.79 Å². The molecular formula is C20H23NO. The Balaban J connectivity index is 1.70. The molecule has 2 aromatic carbocycles. The molecule has 3 rings (SSSR count). The summed E-state index contributed by atoms with van der Waals surface area (Å²) in [6.45, 7) is 4.15. The molecule has 1 N–H and O–H groups in total. The highest BCUT2D eigenvalue weighted by Gasteiger charge is 2.21. The fourth-order valence-corrected chi connectivity index (χ4v) is 3.37. The van der Waals surface area contributed by atoms with Crippen molar-refractivity contribution in [2.45, 2.75) is 45.6 Å². The van der Waals surface area contributed by atoms with Crippen molar-refractivity contribution in [3.8, 4) is 0 Å². The highest BCUT2D eigenvalue weighted by atomic mass is 16.1. The Morgan fingerprint density at radius 3 is 2.82 bits per heavy atom. The van der Waals surface area contributed by atoms with Gasteiger partial charge in [0, 0.05) is 0 Å². The molecule has 1 aliphatic carbocycles. The summed E-state index contributed by atoms with van der Waals surface area (Å²) >= 11 is 0. The van der Waals surface area contributed by atoms with Gasteiger partial charge in [-0.25, -0.2) is 0 Å². The van der Waals surface area contributed by atoms with E-state index in [1.807, 2.05) is 0 Å². The van der Waals surface area contributed by atoms with E-state index in [-0.39, 0.29) is 11.9 Å². The number of rotatable bonds is 3. The number of fused-ring (bicyclic) bond motifs is 1. The standard InChI is InChI=1S/C20H23NO/c1-14-10-11-17(15(2)12-14)13-20(22)21-19-9-5-7-16-6-3-4-8-18(16)19/h3-4,6,8,10-12,19H,5,7,9,13H2,1-2H3,(H,21,22)/t19-/m1/s1. The van der Waals surface area contributed by atoms with Crippen LogP contribution < -0.4 is 5.32 Å². The number of carbonyl (C=O) groups is 1. The van der Waals surface area contributed by atoms with Gasteiger partial charge in [-0.1, -0.05) is 48.0 Å². The second-order valence-electron chi connectivity index (χ2n) is 6.32. The third-order valence-corrected chi connectivity index (χ3v) is 4.55. The van der Waals surface area contributed by atoms with Gasteiger partial charge in [0.25, 0.3) is 0 Å². The van der Waals surface area contributed by atoms with E-state index >= 15 is 0 Å². The Bertz CT molecular complexity index is 690. The minimum Gasteiger partial charge on any atom is -0.349 e. The quantitative estimate of drug-likeness (QED) is 0.909. The SMILES string of the molecule is Cc1ccc(CC(=O)N[C@@H]2CCCc3ccccc32)c(C)c1. The maximum absolute atomic E-state index is 12.4. The lowest BCUT2D eigenvalue weighted by molar-refractivity contribution is -0.121. The summed E-state index contributed by atoms with van der Waals surface area (Å²) in [6.07, 6.45) is 3.77. The van der Waals surface area contributed by atoms with Gasteiger partial charge in [-0.2, -0.15) is 0 Å². The van der Waals surface area contributed by atoms with Crippen LogP contribution >= 0.6 is 0 Å². The van der Waals surface area contributed by atoms with E-state index in [0.717, 1.165) is 24.8 Å². The van der Waals surface area contributed by atoms with Crippen LogP contribution in [0.3, 0.4) is 0 Å². The van der Waals surface area contributed by atoms with Crippen molar-refractivity contribution < 1.29 is 4.79 Å². The number of nitrogens with one attached hydrogen (secondary N) is 1.